The summed E-state index contributed by atoms with van der Waals surface area (Å²) in [5, 5.41) is 7.83. The molecule has 1 aromatic carbocycles. The van der Waals surface area contributed by atoms with E-state index in [1.165, 1.54) is 16.8 Å². The SMILES string of the molecule is Cn1nc2nc(NCc3ccccn3)nc(-c3ccc(C(F)(F)F)cc3)c2c1N. The minimum absolute atomic E-state index is 0.274. The lowest BCUT2D eigenvalue weighted by Crippen LogP contribution is -2.06. The lowest BCUT2D eigenvalue weighted by Gasteiger charge is -2.10. The Kier molecular flexibility index (Phi) is 4.53. The van der Waals surface area contributed by atoms with Crippen LogP contribution >= 0.6 is 0 Å². The molecular formula is C19H16F3N7. The normalized spacial score (nSPS) is 11.7. The van der Waals surface area contributed by atoms with Gasteiger partial charge in [-0.25, -0.2) is 4.98 Å². The number of fused-ring (bicyclic) bond motifs is 1. The summed E-state index contributed by atoms with van der Waals surface area (Å²) < 4.78 is 40.1. The average molecular weight is 399 g/mol. The topological polar surface area (TPSA) is 94.5 Å². The van der Waals surface area contributed by atoms with Crippen LogP contribution < -0.4 is 11.1 Å². The van der Waals surface area contributed by atoms with Crippen molar-refractivity contribution in [3.63, 3.8) is 0 Å². The fourth-order valence-electron chi connectivity index (χ4n) is 2.89. The van der Waals surface area contributed by atoms with Gasteiger partial charge in [-0.3, -0.25) is 9.67 Å². The fourth-order valence-corrected chi connectivity index (χ4v) is 2.89. The first-order chi connectivity index (χ1) is 13.8. The number of pyridine rings is 1. The first-order valence-electron chi connectivity index (χ1n) is 8.64. The van der Waals surface area contributed by atoms with Gasteiger partial charge in [0.25, 0.3) is 0 Å². The van der Waals surface area contributed by atoms with Crippen molar-refractivity contribution in [1.82, 2.24) is 24.7 Å². The standard InChI is InChI=1S/C19H16F3N7/c1-29-16(23)14-15(11-5-7-12(8-6-11)19(20,21)22)26-18(27-17(14)28-29)25-10-13-4-2-3-9-24-13/h2-9H,10,23H2,1H3,(H,25,27,28). The summed E-state index contributed by atoms with van der Waals surface area (Å²) in [6.45, 7) is 0.376. The number of anilines is 2. The zero-order valence-corrected chi connectivity index (χ0v) is 15.3. The summed E-state index contributed by atoms with van der Waals surface area (Å²) in [7, 11) is 1.66. The minimum Gasteiger partial charge on any atom is -0.383 e. The van der Waals surface area contributed by atoms with Crippen LogP contribution in [-0.2, 0) is 19.8 Å². The number of benzene rings is 1. The number of nitrogens with two attached hydrogens (primary N) is 1. The monoisotopic (exact) mass is 399 g/mol. The van der Waals surface area contributed by atoms with Crippen molar-refractivity contribution in [3.8, 4) is 11.3 Å². The van der Waals surface area contributed by atoms with E-state index in [9.17, 15) is 13.2 Å². The molecule has 0 unspecified atom stereocenters. The summed E-state index contributed by atoms with van der Waals surface area (Å²) in [6, 6.07) is 10.3. The molecule has 0 aliphatic heterocycles. The molecule has 0 aliphatic rings. The highest BCUT2D eigenvalue weighted by Crippen LogP contribution is 2.34. The van der Waals surface area contributed by atoms with Crippen LogP contribution in [0.15, 0.2) is 48.7 Å². The zero-order chi connectivity index (χ0) is 20.6. The van der Waals surface area contributed by atoms with Gasteiger partial charge in [-0.2, -0.15) is 23.3 Å². The van der Waals surface area contributed by atoms with Crippen LogP contribution in [0.4, 0.5) is 24.9 Å². The highest BCUT2D eigenvalue weighted by atomic mass is 19.4. The molecule has 3 aromatic heterocycles. The summed E-state index contributed by atoms with van der Waals surface area (Å²) in [5.41, 5.74) is 7.37. The minimum atomic E-state index is -4.41. The number of nitrogens with zero attached hydrogens (tertiary/aromatic N) is 5. The number of hydrogen-bond donors (Lipinski definition) is 2. The second kappa shape index (κ2) is 7.04. The van der Waals surface area contributed by atoms with Crippen molar-refractivity contribution in [2.24, 2.45) is 7.05 Å². The van der Waals surface area contributed by atoms with Crippen molar-refractivity contribution in [1.29, 1.82) is 0 Å². The van der Waals surface area contributed by atoms with E-state index in [-0.39, 0.29) is 5.95 Å². The Morgan fingerprint density at radius 1 is 1.07 bits per heavy atom. The van der Waals surface area contributed by atoms with Gasteiger partial charge in [-0.05, 0) is 24.3 Å². The molecule has 4 aromatic rings. The molecule has 0 aliphatic carbocycles. The molecule has 0 bridgehead atoms. The first-order valence-corrected chi connectivity index (χ1v) is 8.64. The van der Waals surface area contributed by atoms with Gasteiger partial charge < -0.3 is 11.1 Å². The summed E-state index contributed by atoms with van der Waals surface area (Å²) >= 11 is 0. The van der Waals surface area contributed by atoms with Crippen molar-refractivity contribution in [2.75, 3.05) is 11.1 Å². The number of hydrogen-bond acceptors (Lipinski definition) is 6. The van der Waals surface area contributed by atoms with E-state index in [2.05, 4.69) is 25.4 Å². The van der Waals surface area contributed by atoms with Crippen LogP contribution in [-0.4, -0.2) is 24.7 Å². The molecule has 0 saturated carbocycles. The molecule has 0 saturated heterocycles. The van der Waals surface area contributed by atoms with Crippen molar-refractivity contribution in [2.45, 2.75) is 12.7 Å². The van der Waals surface area contributed by atoms with E-state index in [0.717, 1.165) is 17.8 Å². The number of aromatic nitrogens is 5. The molecule has 4 rings (SSSR count). The molecule has 0 amide bonds. The fraction of sp³-hybridized carbons (Fsp3) is 0.158. The Morgan fingerprint density at radius 2 is 1.83 bits per heavy atom. The number of halogens is 3. The largest absolute Gasteiger partial charge is 0.416 e. The molecular weight excluding hydrogens is 383 g/mol. The maximum Gasteiger partial charge on any atom is 0.416 e. The second-order valence-electron chi connectivity index (χ2n) is 6.35. The van der Waals surface area contributed by atoms with Crippen LogP contribution in [0.5, 0.6) is 0 Å². The third-order valence-electron chi connectivity index (χ3n) is 4.38. The number of nitrogen functional groups attached to an aromatic ring is 1. The van der Waals surface area contributed by atoms with Crippen LogP contribution in [0, 0.1) is 0 Å². The maximum absolute atomic E-state index is 12.9. The number of rotatable bonds is 4. The molecule has 7 nitrogen and oxygen atoms in total. The highest BCUT2D eigenvalue weighted by Gasteiger charge is 2.30. The van der Waals surface area contributed by atoms with Gasteiger partial charge in [-0.15, -0.1) is 0 Å². The number of nitrogens with one attached hydrogen (secondary N) is 1. The second-order valence-corrected chi connectivity index (χ2v) is 6.35. The average Bonchev–Trinajstić information content (AvgIpc) is 3.00. The molecule has 148 valence electrons. The first kappa shape index (κ1) is 18.7. The van der Waals surface area contributed by atoms with Gasteiger partial charge in [0.15, 0.2) is 5.65 Å². The number of alkyl halides is 3. The lowest BCUT2D eigenvalue weighted by atomic mass is 10.1. The van der Waals surface area contributed by atoms with Crippen molar-refractivity contribution >= 4 is 22.8 Å². The number of aryl methyl sites for hydroxylation is 1. The molecule has 29 heavy (non-hydrogen) atoms. The van der Waals surface area contributed by atoms with E-state index in [1.807, 2.05) is 18.2 Å². The Hall–Kier alpha value is -3.69. The van der Waals surface area contributed by atoms with Crippen LogP contribution in [0.1, 0.15) is 11.3 Å². The van der Waals surface area contributed by atoms with Gasteiger partial charge >= 0.3 is 6.18 Å². The maximum atomic E-state index is 12.9. The molecule has 0 atom stereocenters. The molecule has 0 spiro atoms. The Morgan fingerprint density at radius 3 is 2.48 bits per heavy atom. The third kappa shape index (κ3) is 3.68. The molecule has 3 N–H and O–H groups in total. The smallest absolute Gasteiger partial charge is 0.383 e. The predicted molar refractivity (Wildman–Crippen MR) is 103 cm³/mol. The highest BCUT2D eigenvalue weighted by molar-refractivity contribution is 5.98. The van der Waals surface area contributed by atoms with E-state index < -0.39 is 11.7 Å². The summed E-state index contributed by atoms with van der Waals surface area (Å²) in [6.07, 6.45) is -2.74. The van der Waals surface area contributed by atoms with E-state index >= 15 is 0 Å². The summed E-state index contributed by atoms with van der Waals surface area (Å²) in [5.74, 6) is 0.599. The summed E-state index contributed by atoms with van der Waals surface area (Å²) in [4.78, 5) is 13.1. The van der Waals surface area contributed by atoms with Gasteiger partial charge in [0.1, 0.15) is 5.82 Å². The van der Waals surface area contributed by atoms with E-state index in [0.29, 0.717) is 34.7 Å². The van der Waals surface area contributed by atoms with Gasteiger partial charge in [0, 0.05) is 18.8 Å². The van der Waals surface area contributed by atoms with Crippen molar-refractivity contribution < 1.29 is 13.2 Å². The van der Waals surface area contributed by atoms with Crippen LogP contribution in [0.3, 0.4) is 0 Å². The lowest BCUT2D eigenvalue weighted by molar-refractivity contribution is -0.137. The van der Waals surface area contributed by atoms with Gasteiger partial charge in [-0.1, -0.05) is 18.2 Å². The van der Waals surface area contributed by atoms with Gasteiger partial charge in [0.05, 0.1) is 28.9 Å². The Bertz CT molecular complexity index is 1150. The zero-order valence-electron chi connectivity index (χ0n) is 15.3. The quantitative estimate of drug-likeness (QED) is 0.544. The van der Waals surface area contributed by atoms with E-state index in [1.54, 1.807) is 13.2 Å². The predicted octanol–water partition coefficient (Wildman–Crippen LogP) is 3.64. The molecule has 0 fully saturated rings. The van der Waals surface area contributed by atoms with Crippen LogP contribution in [0.25, 0.3) is 22.3 Å². The van der Waals surface area contributed by atoms with E-state index in [4.69, 9.17) is 5.73 Å². The van der Waals surface area contributed by atoms with Crippen LogP contribution in [0.2, 0.25) is 0 Å². The van der Waals surface area contributed by atoms with Crippen molar-refractivity contribution in [3.05, 3.63) is 59.9 Å². The molecule has 0 radical (unpaired) electrons. The Balaban J connectivity index is 1.77. The Labute approximate surface area is 163 Å². The molecule has 3 heterocycles. The van der Waals surface area contributed by atoms with Gasteiger partial charge in [0.2, 0.25) is 5.95 Å². The molecule has 10 heteroatoms. The third-order valence-corrected chi connectivity index (χ3v) is 4.38.